The van der Waals surface area contributed by atoms with E-state index in [9.17, 15) is 9.59 Å². The fourth-order valence-corrected chi connectivity index (χ4v) is 6.81. The molecule has 6 rings (SSSR count). The number of ether oxygens (including phenoxy) is 1. The number of amides is 2. The van der Waals surface area contributed by atoms with Crippen molar-refractivity contribution in [2.75, 3.05) is 6.61 Å². The van der Waals surface area contributed by atoms with E-state index in [1.54, 1.807) is 6.07 Å². The fraction of sp³-hybridized carbons (Fsp3) is 0.220. The molecule has 0 spiro atoms. The zero-order valence-electron chi connectivity index (χ0n) is 27.3. The molecule has 5 aromatic rings. The molecule has 0 saturated heterocycles. The molecule has 0 heterocycles. The van der Waals surface area contributed by atoms with Crippen LogP contribution >= 0.6 is 11.6 Å². The van der Waals surface area contributed by atoms with Crippen molar-refractivity contribution in [3.05, 3.63) is 166 Å². The summed E-state index contributed by atoms with van der Waals surface area (Å²) in [6.45, 7) is 6.14. The maximum atomic E-state index is 13.9. The third kappa shape index (κ3) is 6.73. The molecule has 244 valence electrons. The molecule has 5 aromatic carbocycles. The van der Waals surface area contributed by atoms with Crippen LogP contribution in [-0.4, -0.2) is 24.6 Å². The molecule has 0 fully saturated rings. The van der Waals surface area contributed by atoms with Crippen molar-refractivity contribution in [3.8, 4) is 11.1 Å². The Balaban J connectivity index is 1.24. The number of hydrogen-bond acceptors (Lipinski definition) is 4. The normalized spacial score (nSPS) is 14.0. The molecule has 0 aromatic heterocycles. The fourth-order valence-electron chi connectivity index (χ4n) is 6.54. The second-order valence-corrected chi connectivity index (χ2v) is 13.0. The first-order chi connectivity index (χ1) is 23.3. The van der Waals surface area contributed by atoms with Gasteiger partial charge in [-0.1, -0.05) is 152 Å². The minimum absolute atomic E-state index is 0.0918. The van der Waals surface area contributed by atoms with E-state index in [1.165, 1.54) is 0 Å². The van der Waals surface area contributed by atoms with Crippen LogP contribution in [0.25, 0.3) is 11.1 Å². The standard InChI is InChI=1S/C41H39ClN2O4/c1-27(2)25-38(43-40(46)47-26-35-33-17-9-7-15-31(33)32-16-8-10-18-34(32)35)39(45)44-48-41(29-13-5-4-6-14-29,30-23-21-28(3)22-24-30)36-19-11-12-20-37(36)42/h4-24,27,35,38H,25-26H2,1-3H3,(H,43,46)(H,44,45)/t38-,41?/m0/s1. The molecule has 2 amide bonds. The van der Waals surface area contributed by atoms with Gasteiger partial charge in [0.2, 0.25) is 0 Å². The van der Waals surface area contributed by atoms with E-state index in [-0.39, 0.29) is 18.4 Å². The first-order valence-corrected chi connectivity index (χ1v) is 16.6. The molecule has 2 N–H and O–H groups in total. The maximum Gasteiger partial charge on any atom is 0.407 e. The number of benzene rings is 5. The molecule has 1 unspecified atom stereocenters. The van der Waals surface area contributed by atoms with Crippen LogP contribution in [0.2, 0.25) is 5.02 Å². The highest BCUT2D eigenvalue weighted by atomic mass is 35.5. The van der Waals surface area contributed by atoms with Crippen LogP contribution in [0.1, 0.15) is 59.6 Å². The number of hydrogen-bond donors (Lipinski definition) is 2. The Morgan fingerprint density at radius 1 is 0.750 bits per heavy atom. The lowest BCUT2D eigenvalue weighted by Gasteiger charge is -2.36. The van der Waals surface area contributed by atoms with Gasteiger partial charge in [-0.05, 0) is 58.7 Å². The number of carbonyl (C=O) groups is 2. The highest BCUT2D eigenvalue weighted by molar-refractivity contribution is 6.31. The summed E-state index contributed by atoms with van der Waals surface area (Å²) in [6, 6.07) is 40.4. The van der Waals surface area contributed by atoms with E-state index in [0.717, 1.165) is 38.9 Å². The van der Waals surface area contributed by atoms with Crippen LogP contribution in [0.3, 0.4) is 0 Å². The third-order valence-corrected chi connectivity index (χ3v) is 9.19. The summed E-state index contributed by atoms with van der Waals surface area (Å²) >= 11 is 6.84. The van der Waals surface area contributed by atoms with Gasteiger partial charge in [-0.25, -0.2) is 10.3 Å². The second-order valence-electron chi connectivity index (χ2n) is 12.6. The van der Waals surface area contributed by atoms with Crippen molar-refractivity contribution >= 4 is 23.6 Å². The Kier molecular flexibility index (Phi) is 9.95. The van der Waals surface area contributed by atoms with Crippen molar-refractivity contribution in [1.29, 1.82) is 0 Å². The Morgan fingerprint density at radius 3 is 1.94 bits per heavy atom. The molecule has 0 radical (unpaired) electrons. The minimum Gasteiger partial charge on any atom is -0.449 e. The molecule has 0 saturated carbocycles. The van der Waals surface area contributed by atoms with Crippen LogP contribution in [0, 0.1) is 12.8 Å². The van der Waals surface area contributed by atoms with E-state index >= 15 is 0 Å². The van der Waals surface area contributed by atoms with Gasteiger partial charge in [0.05, 0.1) is 0 Å². The Bertz CT molecular complexity index is 1850. The van der Waals surface area contributed by atoms with Gasteiger partial charge in [0.1, 0.15) is 12.6 Å². The maximum absolute atomic E-state index is 13.9. The highest BCUT2D eigenvalue weighted by Crippen LogP contribution is 2.45. The van der Waals surface area contributed by atoms with Gasteiger partial charge < -0.3 is 10.1 Å². The van der Waals surface area contributed by atoms with Gasteiger partial charge in [0, 0.05) is 16.5 Å². The van der Waals surface area contributed by atoms with Crippen molar-refractivity contribution < 1.29 is 19.2 Å². The summed E-state index contributed by atoms with van der Waals surface area (Å²) in [6.07, 6.45) is -0.300. The number of hydroxylamine groups is 1. The van der Waals surface area contributed by atoms with Crippen molar-refractivity contribution in [2.45, 2.75) is 44.8 Å². The van der Waals surface area contributed by atoms with Gasteiger partial charge in [-0.3, -0.25) is 9.63 Å². The molecular weight excluding hydrogens is 620 g/mol. The summed E-state index contributed by atoms with van der Waals surface area (Å²) in [5.74, 6) is -0.508. The largest absolute Gasteiger partial charge is 0.449 e. The zero-order valence-corrected chi connectivity index (χ0v) is 28.0. The summed E-state index contributed by atoms with van der Waals surface area (Å²) in [7, 11) is 0. The molecular formula is C41H39ClN2O4. The predicted octanol–water partition coefficient (Wildman–Crippen LogP) is 8.94. The van der Waals surface area contributed by atoms with Crippen molar-refractivity contribution in [2.24, 2.45) is 5.92 Å². The summed E-state index contributed by atoms with van der Waals surface area (Å²) in [5.41, 5.74) is 9.23. The number of rotatable bonds is 11. The zero-order chi connectivity index (χ0) is 33.7. The van der Waals surface area contributed by atoms with Crippen LogP contribution in [0.5, 0.6) is 0 Å². The number of carbonyl (C=O) groups excluding carboxylic acids is 2. The first-order valence-electron chi connectivity index (χ1n) is 16.2. The van der Waals surface area contributed by atoms with E-state index < -0.39 is 23.6 Å². The molecule has 1 aliphatic carbocycles. The monoisotopic (exact) mass is 658 g/mol. The Labute approximate surface area is 287 Å². The SMILES string of the molecule is Cc1ccc(C(ONC(=O)[C@H](CC(C)C)NC(=O)OCC2c3ccccc3-c3ccccc32)(c2ccccc2)c2ccccc2Cl)cc1. The van der Waals surface area contributed by atoms with Crippen LogP contribution in [0.4, 0.5) is 4.79 Å². The van der Waals surface area contributed by atoms with E-state index in [4.69, 9.17) is 21.2 Å². The average Bonchev–Trinajstić information content (AvgIpc) is 3.42. The molecule has 7 heteroatoms. The van der Waals surface area contributed by atoms with Crippen LogP contribution in [0.15, 0.2) is 127 Å². The van der Waals surface area contributed by atoms with Gasteiger partial charge in [0.15, 0.2) is 5.60 Å². The Morgan fingerprint density at radius 2 is 1.31 bits per heavy atom. The lowest BCUT2D eigenvalue weighted by atomic mass is 9.80. The Hall–Kier alpha value is -4.91. The van der Waals surface area contributed by atoms with Gasteiger partial charge >= 0.3 is 6.09 Å². The van der Waals surface area contributed by atoms with Crippen LogP contribution in [-0.2, 0) is 20.0 Å². The quantitative estimate of drug-likeness (QED) is 0.110. The first kappa shape index (κ1) is 33.0. The minimum atomic E-state index is -1.30. The van der Waals surface area contributed by atoms with Gasteiger partial charge in [-0.2, -0.15) is 0 Å². The highest BCUT2D eigenvalue weighted by Gasteiger charge is 2.41. The van der Waals surface area contributed by atoms with Gasteiger partial charge in [-0.15, -0.1) is 0 Å². The molecule has 48 heavy (non-hydrogen) atoms. The van der Waals surface area contributed by atoms with E-state index in [1.807, 2.05) is 118 Å². The molecule has 6 nitrogen and oxygen atoms in total. The number of alkyl carbamates (subject to hydrolysis) is 1. The molecule has 2 atom stereocenters. The van der Waals surface area contributed by atoms with E-state index in [0.29, 0.717) is 17.0 Å². The summed E-state index contributed by atoms with van der Waals surface area (Å²) in [4.78, 5) is 33.8. The lowest BCUT2D eigenvalue weighted by molar-refractivity contribution is -0.146. The van der Waals surface area contributed by atoms with Crippen LogP contribution < -0.4 is 10.8 Å². The number of nitrogens with one attached hydrogen (secondary N) is 2. The lowest BCUT2D eigenvalue weighted by Crippen LogP contribution is -2.50. The second kappa shape index (κ2) is 14.5. The molecule has 0 bridgehead atoms. The average molecular weight is 659 g/mol. The summed E-state index contributed by atoms with van der Waals surface area (Å²) in [5, 5.41) is 3.29. The number of fused-ring (bicyclic) bond motifs is 3. The number of aryl methyl sites for hydroxylation is 1. The van der Waals surface area contributed by atoms with Crippen molar-refractivity contribution in [3.63, 3.8) is 0 Å². The molecule has 0 aliphatic heterocycles. The van der Waals surface area contributed by atoms with E-state index in [2.05, 4.69) is 35.1 Å². The molecule has 1 aliphatic rings. The number of halogens is 1. The van der Waals surface area contributed by atoms with Gasteiger partial charge in [0.25, 0.3) is 5.91 Å². The summed E-state index contributed by atoms with van der Waals surface area (Å²) < 4.78 is 5.79. The predicted molar refractivity (Wildman–Crippen MR) is 190 cm³/mol. The third-order valence-electron chi connectivity index (χ3n) is 8.86. The van der Waals surface area contributed by atoms with Crippen molar-refractivity contribution in [1.82, 2.24) is 10.8 Å². The smallest absolute Gasteiger partial charge is 0.407 e. The topological polar surface area (TPSA) is 76.7 Å².